The molecule has 2 aromatic heterocycles. The summed E-state index contributed by atoms with van der Waals surface area (Å²) in [6.07, 6.45) is 3.56. The number of hydrogen-bond donors (Lipinski definition) is 2. The maximum atomic E-state index is 5.95. The highest BCUT2D eigenvalue weighted by Crippen LogP contribution is 2.28. The molecule has 0 aliphatic rings. The Balaban J connectivity index is 1.91. The Kier molecular flexibility index (Phi) is 3.27. The van der Waals surface area contributed by atoms with Gasteiger partial charge in [0, 0.05) is 46.0 Å². The van der Waals surface area contributed by atoms with Gasteiger partial charge in [0.05, 0.1) is 4.34 Å². The Labute approximate surface area is 120 Å². The molecule has 1 aromatic carbocycles. The summed E-state index contributed by atoms with van der Waals surface area (Å²) in [7, 11) is 0. The van der Waals surface area contributed by atoms with Crippen LogP contribution in [-0.2, 0) is 6.54 Å². The van der Waals surface area contributed by atoms with Crippen molar-refractivity contribution >= 4 is 45.1 Å². The van der Waals surface area contributed by atoms with E-state index in [1.165, 1.54) is 4.88 Å². The molecule has 0 aliphatic carbocycles. The van der Waals surface area contributed by atoms with Crippen molar-refractivity contribution in [2.45, 2.75) is 6.54 Å². The molecule has 3 nitrogen and oxygen atoms in total. The number of fused-ring (bicyclic) bond motifs is 1. The number of pyridine rings is 1. The molecular weight excluding hydrogens is 278 g/mol. The maximum Gasteiger partial charge on any atom is 0.0931 e. The molecule has 0 aliphatic heterocycles. The van der Waals surface area contributed by atoms with Gasteiger partial charge in [0.15, 0.2) is 0 Å². The van der Waals surface area contributed by atoms with Crippen LogP contribution in [0.1, 0.15) is 4.88 Å². The zero-order valence-corrected chi connectivity index (χ0v) is 11.6. The number of benzene rings is 1. The van der Waals surface area contributed by atoms with E-state index < -0.39 is 0 Å². The molecule has 3 N–H and O–H groups in total. The SMILES string of the molecule is Nc1ccc(NCc2ccc(Cl)s2)c2ccncc12. The molecule has 0 saturated carbocycles. The minimum absolute atomic E-state index is 0.743. The van der Waals surface area contributed by atoms with Gasteiger partial charge in [-0.05, 0) is 30.3 Å². The lowest BCUT2D eigenvalue weighted by Crippen LogP contribution is -1.99. The van der Waals surface area contributed by atoms with Crippen molar-refractivity contribution in [2.75, 3.05) is 11.1 Å². The zero-order valence-electron chi connectivity index (χ0n) is 10.1. The molecule has 3 rings (SSSR count). The van der Waals surface area contributed by atoms with Crippen LogP contribution in [0.2, 0.25) is 4.34 Å². The molecule has 0 amide bonds. The monoisotopic (exact) mass is 289 g/mol. The summed E-state index contributed by atoms with van der Waals surface area (Å²) in [5, 5.41) is 5.46. The third-order valence-corrected chi connectivity index (χ3v) is 4.16. The lowest BCUT2D eigenvalue weighted by atomic mass is 10.1. The second-order valence-electron chi connectivity index (χ2n) is 4.18. The molecular formula is C14H12ClN3S. The number of nitrogens with two attached hydrogens (primary N) is 1. The van der Waals surface area contributed by atoms with Crippen LogP contribution < -0.4 is 11.1 Å². The van der Waals surface area contributed by atoms with E-state index in [0.717, 1.165) is 33.0 Å². The normalized spacial score (nSPS) is 10.8. The van der Waals surface area contributed by atoms with Crippen LogP contribution in [0.25, 0.3) is 10.8 Å². The Bertz CT molecular complexity index is 724. The van der Waals surface area contributed by atoms with Crippen LogP contribution in [0, 0.1) is 0 Å². The van der Waals surface area contributed by atoms with Crippen molar-refractivity contribution in [3.8, 4) is 0 Å². The van der Waals surface area contributed by atoms with Crippen LogP contribution in [0.5, 0.6) is 0 Å². The fourth-order valence-electron chi connectivity index (χ4n) is 2.00. The van der Waals surface area contributed by atoms with Gasteiger partial charge < -0.3 is 11.1 Å². The molecule has 0 radical (unpaired) electrons. The van der Waals surface area contributed by atoms with E-state index in [9.17, 15) is 0 Å². The van der Waals surface area contributed by atoms with E-state index in [0.29, 0.717) is 0 Å². The number of nitrogens with zero attached hydrogens (tertiary/aromatic N) is 1. The van der Waals surface area contributed by atoms with Crippen molar-refractivity contribution < 1.29 is 0 Å². The standard InChI is InChI=1S/C14H12ClN3S/c15-14-4-1-9(19-14)7-18-13-3-2-12(16)11-8-17-6-5-10(11)13/h1-6,8,18H,7,16H2. The maximum absolute atomic E-state index is 5.95. The largest absolute Gasteiger partial charge is 0.398 e. The van der Waals surface area contributed by atoms with Gasteiger partial charge in [-0.15, -0.1) is 11.3 Å². The van der Waals surface area contributed by atoms with Crippen LogP contribution in [0.15, 0.2) is 42.7 Å². The number of hydrogen-bond acceptors (Lipinski definition) is 4. The lowest BCUT2D eigenvalue weighted by Gasteiger charge is -2.10. The molecule has 0 atom stereocenters. The quantitative estimate of drug-likeness (QED) is 0.712. The first-order valence-electron chi connectivity index (χ1n) is 5.84. The molecule has 0 bridgehead atoms. The van der Waals surface area contributed by atoms with Crippen LogP contribution in [0.4, 0.5) is 11.4 Å². The second-order valence-corrected chi connectivity index (χ2v) is 5.98. The van der Waals surface area contributed by atoms with Gasteiger partial charge in [0.25, 0.3) is 0 Å². The number of aromatic nitrogens is 1. The van der Waals surface area contributed by atoms with Gasteiger partial charge in [0.1, 0.15) is 0 Å². The van der Waals surface area contributed by atoms with Crippen molar-refractivity contribution in [2.24, 2.45) is 0 Å². The number of rotatable bonds is 3. The summed E-state index contributed by atoms with van der Waals surface area (Å²) in [6.45, 7) is 0.749. The van der Waals surface area contributed by atoms with E-state index in [1.807, 2.05) is 30.3 Å². The van der Waals surface area contributed by atoms with Crippen molar-refractivity contribution in [1.29, 1.82) is 0 Å². The van der Waals surface area contributed by atoms with Crippen molar-refractivity contribution in [3.63, 3.8) is 0 Å². The molecule has 3 aromatic rings. The molecule has 0 spiro atoms. The molecule has 96 valence electrons. The summed E-state index contributed by atoms with van der Waals surface area (Å²) in [6, 6.07) is 9.80. The van der Waals surface area contributed by atoms with Crippen LogP contribution in [0.3, 0.4) is 0 Å². The molecule has 0 unspecified atom stereocenters. The van der Waals surface area contributed by atoms with Crippen LogP contribution in [-0.4, -0.2) is 4.98 Å². The summed E-state index contributed by atoms with van der Waals surface area (Å²) < 4.78 is 0.808. The third-order valence-electron chi connectivity index (χ3n) is 2.93. The highest BCUT2D eigenvalue weighted by molar-refractivity contribution is 7.16. The van der Waals surface area contributed by atoms with Crippen molar-refractivity contribution in [1.82, 2.24) is 4.98 Å². The smallest absolute Gasteiger partial charge is 0.0931 e. The zero-order chi connectivity index (χ0) is 13.2. The average Bonchev–Trinajstić information content (AvgIpc) is 2.84. The molecule has 0 fully saturated rings. The molecule has 0 saturated heterocycles. The summed E-state index contributed by atoms with van der Waals surface area (Å²) in [4.78, 5) is 5.31. The van der Waals surface area contributed by atoms with E-state index in [2.05, 4.69) is 10.3 Å². The van der Waals surface area contributed by atoms with E-state index >= 15 is 0 Å². The minimum atomic E-state index is 0.743. The van der Waals surface area contributed by atoms with Gasteiger partial charge in [-0.3, -0.25) is 4.98 Å². The average molecular weight is 290 g/mol. The first kappa shape index (κ1) is 12.3. The van der Waals surface area contributed by atoms with Gasteiger partial charge in [-0.1, -0.05) is 11.6 Å². The molecule has 19 heavy (non-hydrogen) atoms. The highest BCUT2D eigenvalue weighted by Gasteiger charge is 2.04. The molecule has 5 heteroatoms. The molecule has 2 heterocycles. The number of anilines is 2. The van der Waals surface area contributed by atoms with E-state index in [-0.39, 0.29) is 0 Å². The van der Waals surface area contributed by atoms with E-state index in [4.69, 9.17) is 17.3 Å². The van der Waals surface area contributed by atoms with E-state index in [1.54, 1.807) is 23.7 Å². The fraction of sp³-hybridized carbons (Fsp3) is 0.0714. The number of nitrogen functional groups attached to an aromatic ring is 1. The third kappa shape index (κ3) is 2.50. The second kappa shape index (κ2) is 5.07. The van der Waals surface area contributed by atoms with Gasteiger partial charge in [0.2, 0.25) is 0 Å². The predicted octanol–water partition coefficient (Wildman–Crippen LogP) is 4.14. The highest BCUT2D eigenvalue weighted by atomic mass is 35.5. The van der Waals surface area contributed by atoms with Gasteiger partial charge in [-0.2, -0.15) is 0 Å². The lowest BCUT2D eigenvalue weighted by molar-refractivity contribution is 1.20. The Hall–Kier alpha value is -1.78. The topological polar surface area (TPSA) is 50.9 Å². The van der Waals surface area contributed by atoms with Gasteiger partial charge >= 0.3 is 0 Å². The van der Waals surface area contributed by atoms with Crippen LogP contribution >= 0.6 is 22.9 Å². The first-order chi connectivity index (χ1) is 9.24. The van der Waals surface area contributed by atoms with Crippen molar-refractivity contribution in [3.05, 3.63) is 51.9 Å². The van der Waals surface area contributed by atoms with Gasteiger partial charge in [-0.25, -0.2) is 0 Å². The predicted molar refractivity (Wildman–Crippen MR) is 82.8 cm³/mol. The summed E-state index contributed by atoms with van der Waals surface area (Å²) in [5.74, 6) is 0. The first-order valence-corrected chi connectivity index (χ1v) is 7.04. The Morgan fingerprint density at radius 2 is 2.05 bits per heavy atom. The number of nitrogens with one attached hydrogen (secondary N) is 1. The Morgan fingerprint density at radius 1 is 1.16 bits per heavy atom. The Morgan fingerprint density at radius 3 is 2.84 bits per heavy atom. The summed E-state index contributed by atoms with van der Waals surface area (Å²) in [5.41, 5.74) is 7.75. The summed E-state index contributed by atoms with van der Waals surface area (Å²) >= 11 is 7.51. The number of thiophene rings is 1. The number of halogens is 1. The fourth-order valence-corrected chi connectivity index (χ4v) is 3.02. The minimum Gasteiger partial charge on any atom is -0.398 e.